The minimum atomic E-state index is 0.706. The molecule has 0 bridgehead atoms. The first-order chi connectivity index (χ1) is 11.4. The van der Waals surface area contributed by atoms with Crippen LogP contribution in [0.3, 0.4) is 0 Å². The molecule has 2 rings (SSSR count). The number of hydrogen-bond acceptors (Lipinski definition) is 3. The molecule has 0 radical (unpaired) electrons. The van der Waals surface area contributed by atoms with Crippen molar-refractivity contribution < 1.29 is 0 Å². The van der Waals surface area contributed by atoms with Gasteiger partial charge in [0, 0.05) is 64.3 Å². The van der Waals surface area contributed by atoms with Crippen LogP contribution in [0.2, 0.25) is 0 Å². The Bertz CT molecular complexity index is 707. The molecule has 0 aliphatic rings. The summed E-state index contributed by atoms with van der Waals surface area (Å²) in [6.07, 6.45) is 3.89. The molecule has 2 aromatic heterocycles. The average molecular weight is 393 g/mol. The van der Waals surface area contributed by atoms with Gasteiger partial charge in [0.25, 0.3) is 0 Å². The van der Waals surface area contributed by atoms with E-state index in [0.29, 0.717) is 6.54 Å². The van der Waals surface area contributed by atoms with Gasteiger partial charge in [-0.05, 0) is 39.7 Å². The monoisotopic (exact) mass is 392 g/mol. The molecule has 0 saturated carbocycles. The van der Waals surface area contributed by atoms with Crippen LogP contribution in [0.1, 0.15) is 11.3 Å². The Kier molecular flexibility index (Phi) is 6.25. The number of guanidine groups is 1. The zero-order chi connectivity index (χ0) is 17.7. The van der Waals surface area contributed by atoms with E-state index in [1.807, 2.05) is 45.4 Å². The summed E-state index contributed by atoms with van der Waals surface area (Å²) in [5, 5.41) is 3.41. The van der Waals surface area contributed by atoms with E-state index in [0.717, 1.165) is 22.8 Å². The van der Waals surface area contributed by atoms with Crippen molar-refractivity contribution in [1.29, 1.82) is 0 Å². The molecule has 1 N–H and O–H groups in total. The summed E-state index contributed by atoms with van der Waals surface area (Å²) >= 11 is 3.51. The molecule has 0 atom stereocenters. The molecule has 6 nitrogen and oxygen atoms in total. The number of nitrogens with one attached hydrogen (secondary N) is 1. The molecule has 0 unspecified atom stereocenters. The van der Waals surface area contributed by atoms with E-state index >= 15 is 0 Å². The zero-order valence-corrected chi connectivity index (χ0v) is 16.5. The first kappa shape index (κ1) is 18.3. The van der Waals surface area contributed by atoms with E-state index < -0.39 is 0 Å². The Hall–Kier alpha value is -2.02. The van der Waals surface area contributed by atoms with E-state index in [9.17, 15) is 0 Å². The van der Waals surface area contributed by atoms with Gasteiger partial charge in [0.1, 0.15) is 5.82 Å². The van der Waals surface area contributed by atoms with Crippen LogP contribution in [-0.4, -0.2) is 48.6 Å². The smallest absolute Gasteiger partial charge is 0.194 e. The molecule has 0 saturated heterocycles. The van der Waals surface area contributed by atoms with Crippen LogP contribution in [0.4, 0.5) is 5.82 Å². The lowest BCUT2D eigenvalue weighted by Crippen LogP contribution is -2.38. The van der Waals surface area contributed by atoms with E-state index in [1.54, 1.807) is 7.05 Å². The van der Waals surface area contributed by atoms with Crippen LogP contribution in [0.15, 0.2) is 40.1 Å². The maximum absolute atomic E-state index is 4.38. The van der Waals surface area contributed by atoms with Crippen molar-refractivity contribution in [3.05, 3.63) is 46.3 Å². The summed E-state index contributed by atoms with van der Waals surface area (Å²) in [7, 11) is 9.87. The number of hydrogen-bond donors (Lipinski definition) is 1. The molecular formula is C17H25BrN6. The van der Waals surface area contributed by atoms with Gasteiger partial charge in [-0.15, -0.1) is 0 Å². The summed E-state index contributed by atoms with van der Waals surface area (Å²) in [5.41, 5.74) is 2.39. The molecule has 2 aromatic rings. The number of rotatable bonds is 5. The van der Waals surface area contributed by atoms with Gasteiger partial charge in [-0.1, -0.05) is 0 Å². The highest BCUT2D eigenvalue weighted by molar-refractivity contribution is 9.10. The third-order valence-corrected chi connectivity index (χ3v) is 4.20. The van der Waals surface area contributed by atoms with E-state index in [1.165, 1.54) is 11.3 Å². The quantitative estimate of drug-likeness (QED) is 0.626. The molecule has 0 fully saturated rings. The van der Waals surface area contributed by atoms with Crippen LogP contribution >= 0.6 is 15.9 Å². The number of pyridine rings is 1. The summed E-state index contributed by atoms with van der Waals surface area (Å²) in [5.74, 6) is 1.81. The highest BCUT2D eigenvalue weighted by Gasteiger charge is 2.10. The van der Waals surface area contributed by atoms with Gasteiger partial charge in [0.15, 0.2) is 5.96 Å². The van der Waals surface area contributed by atoms with Crippen LogP contribution in [0.25, 0.3) is 0 Å². The predicted octanol–water partition coefficient (Wildman–Crippen LogP) is 2.46. The molecule has 0 amide bonds. The van der Waals surface area contributed by atoms with Crippen molar-refractivity contribution >= 4 is 27.7 Å². The van der Waals surface area contributed by atoms with Crippen LogP contribution in [0.5, 0.6) is 0 Å². The second-order valence-electron chi connectivity index (χ2n) is 5.93. The molecule has 2 heterocycles. The van der Waals surface area contributed by atoms with Crippen LogP contribution in [-0.2, 0) is 20.1 Å². The van der Waals surface area contributed by atoms with Gasteiger partial charge in [-0.3, -0.25) is 4.99 Å². The summed E-state index contributed by atoms with van der Waals surface area (Å²) in [6.45, 7) is 1.48. The number of aryl methyl sites for hydroxylation is 1. The molecule has 0 aliphatic heterocycles. The number of halogens is 1. The van der Waals surface area contributed by atoms with Gasteiger partial charge < -0.3 is 19.7 Å². The lowest BCUT2D eigenvalue weighted by molar-refractivity contribution is 0.461. The van der Waals surface area contributed by atoms with Crippen molar-refractivity contribution in [1.82, 2.24) is 19.8 Å². The number of aromatic nitrogens is 2. The van der Waals surface area contributed by atoms with Crippen molar-refractivity contribution in [2.45, 2.75) is 13.1 Å². The lowest BCUT2D eigenvalue weighted by atomic mass is 10.2. The minimum Gasteiger partial charge on any atom is -0.363 e. The van der Waals surface area contributed by atoms with Gasteiger partial charge in [0.2, 0.25) is 0 Å². The summed E-state index contributed by atoms with van der Waals surface area (Å²) in [6, 6.07) is 6.21. The topological polar surface area (TPSA) is 48.7 Å². The fourth-order valence-corrected chi connectivity index (χ4v) is 2.99. The maximum Gasteiger partial charge on any atom is 0.194 e. The second-order valence-corrected chi connectivity index (χ2v) is 6.85. The third-order valence-electron chi connectivity index (χ3n) is 3.77. The van der Waals surface area contributed by atoms with Gasteiger partial charge >= 0.3 is 0 Å². The van der Waals surface area contributed by atoms with Crippen LogP contribution in [0, 0.1) is 0 Å². The first-order valence-electron chi connectivity index (χ1n) is 7.75. The normalized spacial score (nSPS) is 11.5. The van der Waals surface area contributed by atoms with Gasteiger partial charge in [-0.25, -0.2) is 4.98 Å². The molecular weight excluding hydrogens is 368 g/mol. The molecule has 24 heavy (non-hydrogen) atoms. The van der Waals surface area contributed by atoms with Gasteiger partial charge in [-0.2, -0.15) is 0 Å². The predicted molar refractivity (Wildman–Crippen MR) is 103 cm³/mol. The molecule has 7 heteroatoms. The first-order valence-corrected chi connectivity index (χ1v) is 8.54. The van der Waals surface area contributed by atoms with Gasteiger partial charge in [0.05, 0.1) is 6.54 Å². The van der Waals surface area contributed by atoms with E-state index in [4.69, 9.17) is 0 Å². The fourth-order valence-electron chi connectivity index (χ4n) is 2.42. The number of aliphatic imine (C=N–C) groups is 1. The summed E-state index contributed by atoms with van der Waals surface area (Å²) in [4.78, 5) is 12.8. The van der Waals surface area contributed by atoms with Crippen molar-refractivity contribution in [2.24, 2.45) is 12.0 Å². The highest BCUT2D eigenvalue weighted by atomic mass is 79.9. The Labute approximate surface area is 152 Å². The summed E-state index contributed by atoms with van der Waals surface area (Å²) < 4.78 is 3.20. The average Bonchev–Trinajstić information content (AvgIpc) is 2.85. The molecule has 0 aliphatic carbocycles. The molecule has 0 spiro atoms. The molecule has 0 aromatic carbocycles. The Morgan fingerprint density at radius 2 is 2.08 bits per heavy atom. The van der Waals surface area contributed by atoms with Crippen LogP contribution < -0.4 is 10.2 Å². The number of anilines is 1. The van der Waals surface area contributed by atoms with E-state index in [-0.39, 0.29) is 0 Å². The SMILES string of the molecule is CN=C(NCc1ccnc(N(C)C)c1)N(C)Cc1cc(Br)cn1C. The Balaban J connectivity index is 1.99. The molecule has 130 valence electrons. The minimum absolute atomic E-state index is 0.706. The fraction of sp³-hybridized carbons (Fsp3) is 0.412. The van der Waals surface area contributed by atoms with Crippen molar-refractivity contribution in [3.8, 4) is 0 Å². The third kappa shape index (κ3) is 4.74. The zero-order valence-electron chi connectivity index (χ0n) is 14.9. The number of nitrogens with zero attached hydrogens (tertiary/aromatic N) is 5. The standard InChI is InChI=1S/C17H25BrN6/c1-19-17(24(5)12-15-9-14(18)11-23(15)4)21-10-13-6-7-20-16(8-13)22(2)3/h6-9,11H,10,12H2,1-5H3,(H,19,21). The van der Waals surface area contributed by atoms with E-state index in [2.05, 4.69) is 59.0 Å². The Morgan fingerprint density at radius 3 is 2.67 bits per heavy atom. The van der Waals surface area contributed by atoms with Crippen molar-refractivity contribution in [3.63, 3.8) is 0 Å². The largest absolute Gasteiger partial charge is 0.363 e. The lowest BCUT2D eigenvalue weighted by Gasteiger charge is -2.22. The maximum atomic E-state index is 4.38. The Morgan fingerprint density at radius 1 is 1.33 bits per heavy atom. The van der Waals surface area contributed by atoms with Crippen molar-refractivity contribution in [2.75, 3.05) is 33.1 Å². The highest BCUT2D eigenvalue weighted by Crippen LogP contribution is 2.15. The second kappa shape index (κ2) is 8.19.